The summed E-state index contributed by atoms with van der Waals surface area (Å²) < 4.78 is 0. The lowest BCUT2D eigenvalue weighted by Crippen LogP contribution is -2.33. The molecule has 1 aromatic heterocycles. The molecule has 0 bridgehead atoms. The Balaban J connectivity index is 1.97. The molecule has 3 nitrogen and oxygen atoms in total. The molecular weight excluding hydrogens is 186 g/mol. The van der Waals surface area contributed by atoms with Gasteiger partial charge in [-0.25, -0.2) is 0 Å². The molecule has 1 saturated heterocycles. The third kappa shape index (κ3) is 3.01. The average Bonchev–Trinajstić information content (AvgIpc) is 2.46. The van der Waals surface area contributed by atoms with Crippen LogP contribution in [-0.2, 0) is 6.54 Å². The van der Waals surface area contributed by atoms with E-state index >= 15 is 0 Å². The maximum absolute atomic E-state index is 4.16. The lowest BCUT2D eigenvalue weighted by atomic mass is 10.2. The van der Waals surface area contributed by atoms with Crippen molar-refractivity contribution in [3.63, 3.8) is 0 Å². The Kier molecular flexibility index (Phi) is 3.69. The quantitative estimate of drug-likeness (QED) is 0.788. The van der Waals surface area contributed by atoms with Crippen LogP contribution in [0.3, 0.4) is 0 Å². The first-order valence-electron chi connectivity index (χ1n) is 5.70. The zero-order valence-corrected chi connectivity index (χ0v) is 9.32. The van der Waals surface area contributed by atoms with Crippen LogP contribution in [0.25, 0.3) is 0 Å². The fourth-order valence-corrected chi connectivity index (χ4v) is 2.02. The van der Waals surface area contributed by atoms with Crippen LogP contribution in [0.2, 0.25) is 0 Å². The maximum atomic E-state index is 4.16. The summed E-state index contributed by atoms with van der Waals surface area (Å²) in [5.41, 5.74) is 1.31. The minimum absolute atomic E-state index is 0.667. The molecule has 1 N–H and O–H groups in total. The first-order chi connectivity index (χ1) is 7.36. The van der Waals surface area contributed by atoms with Gasteiger partial charge in [0.25, 0.3) is 0 Å². The second-order valence-electron chi connectivity index (χ2n) is 4.22. The monoisotopic (exact) mass is 205 g/mol. The van der Waals surface area contributed by atoms with Crippen molar-refractivity contribution < 1.29 is 0 Å². The Bertz CT molecular complexity index is 286. The summed E-state index contributed by atoms with van der Waals surface area (Å²) in [5.74, 6) is 0. The minimum atomic E-state index is 0.667. The molecule has 2 rings (SSSR count). The van der Waals surface area contributed by atoms with E-state index < -0.39 is 0 Å². The topological polar surface area (TPSA) is 28.2 Å². The van der Waals surface area contributed by atoms with Gasteiger partial charge in [-0.15, -0.1) is 0 Å². The van der Waals surface area contributed by atoms with E-state index in [0.717, 1.165) is 26.2 Å². The summed E-state index contributed by atoms with van der Waals surface area (Å²) in [6.45, 7) is 6.71. The summed E-state index contributed by atoms with van der Waals surface area (Å²) in [6, 6.07) is 4.83. The number of pyridine rings is 1. The van der Waals surface area contributed by atoms with Crippen LogP contribution in [0.4, 0.5) is 0 Å². The molecule has 0 radical (unpaired) electrons. The van der Waals surface area contributed by atoms with Crippen LogP contribution in [0.1, 0.15) is 18.9 Å². The van der Waals surface area contributed by atoms with Gasteiger partial charge in [0.15, 0.2) is 0 Å². The Morgan fingerprint density at radius 2 is 2.47 bits per heavy atom. The molecular formula is C12H19N3. The number of hydrogen-bond acceptors (Lipinski definition) is 3. The Morgan fingerprint density at radius 3 is 3.27 bits per heavy atom. The molecule has 0 spiro atoms. The highest BCUT2D eigenvalue weighted by atomic mass is 15.2. The van der Waals surface area contributed by atoms with Gasteiger partial charge in [-0.05, 0) is 31.5 Å². The Labute approximate surface area is 91.5 Å². The van der Waals surface area contributed by atoms with Gasteiger partial charge >= 0.3 is 0 Å². The standard InChI is InChI=1S/C12H19N3/c1-11-4-6-13-7-8-15(11)10-12-3-2-5-14-9-12/h2-3,5,9,11,13H,4,6-8,10H2,1H3. The van der Waals surface area contributed by atoms with Crippen molar-refractivity contribution in [2.24, 2.45) is 0 Å². The van der Waals surface area contributed by atoms with Crippen molar-refractivity contribution >= 4 is 0 Å². The van der Waals surface area contributed by atoms with Gasteiger partial charge in [0.1, 0.15) is 0 Å². The van der Waals surface area contributed by atoms with E-state index in [0.29, 0.717) is 6.04 Å². The van der Waals surface area contributed by atoms with Crippen LogP contribution in [0.15, 0.2) is 24.5 Å². The van der Waals surface area contributed by atoms with Crippen LogP contribution >= 0.6 is 0 Å². The molecule has 15 heavy (non-hydrogen) atoms. The lowest BCUT2D eigenvalue weighted by Gasteiger charge is -2.26. The number of hydrogen-bond donors (Lipinski definition) is 1. The zero-order chi connectivity index (χ0) is 10.5. The van der Waals surface area contributed by atoms with Crippen molar-refractivity contribution in [3.8, 4) is 0 Å². The highest BCUT2D eigenvalue weighted by molar-refractivity contribution is 5.08. The predicted octanol–water partition coefficient (Wildman–Crippen LogP) is 1.27. The number of aromatic nitrogens is 1. The lowest BCUT2D eigenvalue weighted by molar-refractivity contribution is 0.211. The van der Waals surface area contributed by atoms with E-state index in [1.54, 1.807) is 0 Å². The summed E-state index contributed by atoms with van der Waals surface area (Å²) in [4.78, 5) is 6.68. The van der Waals surface area contributed by atoms with E-state index in [2.05, 4.69) is 28.2 Å². The van der Waals surface area contributed by atoms with E-state index in [1.165, 1.54) is 12.0 Å². The van der Waals surface area contributed by atoms with E-state index in [9.17, 15) is 0 Å². The summed E-state index contributed by atoms with van der Waals surface area (Å²) in [5, 5.41) is 3.44. The maximum Gasteiger partial charge on any atom is 0.0312 e. The van der Waals surface area contributed by atoms with Crippen LogP contribution < -0.4 is 5.32 Å². The molecule has 1 aliphatic rings. The van der Waals surface area contributed by atoms with Crippen LogP contribution in [0, 0.1) is 0 Å². The second-order valence-corrected chi connectivity index (χ2v) is 4.22. The molecule has 0 saturated carbocycles. The second kappa shape index (κ2) is 5.24. The Morgan fingerprint density at radius 1 is 1.53 bits per heavy atom. The van der Waals surface area contributed by atoms with Gasteiger partial charge in [0.2, 0.25) is 0 Å². The van der Waals surface area contributed by atoms with Crippen molar-refractivity contribution in [2.75, 3.05) is 19.6 Å². The minimum Gasteiger partial charge on any atom is -0.315 e. The molecule has 3 heteroatoms. The van der Waals surface area contributed by atoms with Crippen molar-refractivity contribution in [3.05, 3.63) is 30.1 Å². The van der Waals surface area contributed by atoms with Gasteiger partial charge < -0.3 is 5.32 Å². The van der Waals surface area contributed by atoms with Crippen LogP contribution in [0.5, 0.6) is 0 Å². The molecule has 1 aliphatic heterocycles. The van der Waals surface area contributed by atoms with Gasteiger partial charge in [0.05, 0.1) is 0 Å². The third-order valence-corrected chi connectivity index (χ3v) is 3.05. The first-order valence-corrected chi connectivity index (χ1v) is 5.70. The molecule has 1 atom stereocenters. The van der Waals surface area contributed by atoms with E-state index in [1.807, 2.05) is 18.5 Å². The molecule has 1 unspecified atom stereocenters. The summed E-state index contributed by atoms with van der Waals surface area (Å²) >= 11 is 0. The van der Waals surface area contributed by atoms with Gasteiger partial charge in [-0.1, -0.05) is 6.07 Å². The first kappa shape index (κ1) is 10.6. The normalized spacial score (nSPS) is 23.7. The number of nitrogens with one attached hydrogen (secondary N) is 1. The predicted molar refractivity (Wildman–Crippen MR) is 61.6 cm³/mol. The zero-order valence-electron chi connectivity index (χ0n) is 9.32. The highest BCUT2D eigenvalue weighted by Crippen LogP contribution is 2.10. The number of rotatable bonds is 2. The van der Waals surface area contributed by atoms with Gasteiger partial charge in [-0.3, -0.25) is 9.88 Å². The fraction of sp³-hybridized carbons (Fsp3) is 0.583. The molecule has 0 amide bonds. The Hall–Kier alpha value is -0.930. The average molecular weight is 205 g/mol. The molecule has 2 heterocycles. The summed E-state index contributed by atoms with van der Waals surface area (Å²) in [6.07, 6.45) is 5.03. The van der Waals surface area contributed by atoms with Crippen molar-refractivity contribution in [1.82, 2.24) is 15.2 Å². The van der Waals surface area contributed by atoms with E-state index in [4.69, 9.17) is 0 Å². The molecule has 0 aromatic carbocycles. The van der Waals surface area contributed by atoms with E-state index in [-0.39, 0.29) is 0 Å². The number of nitrogens with zero attached hydrogens (tertiary/aromatic N) is 2. The third-order valence-electron chi connectivity index (χ3n) is 3.05. The van der Waals surface area contributed by atoms with Crippen LogP contribution in [-0.4, -0.2) is 35.6 Å². The molecule has 1 fully saturated rings. The van der Waals surface area contributed by atoms with Gasteiger partial charge in [0, 0.05) is 38.1 Å². The molecule has 82 valence electrons. The summed E-state index contributed by atoms with van der Waals surface area (Å²) in [7, 11) is 0. The molecule has 1 aromatic rings. The smallest absolute Gasteiger partial charge is 0.0312 e. The fourth-order valence-electron chi connectivity index (χ4n) is 2.02. The van der Waals surface area contributed by atoms with Gasteiger partial charge in [-0.2, -0.15) is 0 Å². The highest BCUT2D eigenvalue weighted by Gasteiger charge is 2.16. The van der Waals surface area contributed by atoms with Crippen molar-refractivity contribution in [2.45, 2.75) is 25.9 Å². The largest absolute Gasteiger partial charge is 0.315 e. The molecule has 0 aliphatic carbocycles. The van der Waals surface area contributed by atoms with Crippen molar-refractivity contribution in [1.29, 1.82) is 0 Å². The SMILES string of the molecule is CC1CCNCCN1Cc1cccnc1.